The lowest BCUT2D eigenvalue weighted by atomic mass is 9.88. The molecule has 1 saturated carbocycles. The van der Waals surface area contributed by atoms with E-state index in [4.69, 9.17) is 16.7 Å². The Morgan fingerprint density at radius 2 is 2.11 bits per heavy atom. The minimum absolute atomic E-state index is 0.0283. The van der Waals surface area contributed by atoms with Gasteiger partial charge in [-0.05, 0) is 41.9 Å². The van der Waals surface area contributed by atoms with Crippen LogP contribution in [0, 0.1) is 11.7 Å². The Balaban J connectivity index is 2.42. The van der Waals surface area contributed by atoms with E-state index >= 15 is 0 Å². The van der Waals surface area contributed by atoms with E-state index in [1.54, 1.807) is 12.1 Å². The fraction of sp³-hybridized carbons (Fsp3) is 0.533. The molecule has 104 valence electrons. The van der Waals surface area contributed by atoms with Crippen LogP contribution in [0.1, 0.15) is 56.1 Å². The van der Waals surface area contributed by atoms with Crippen LogP contribution in [0.3, 0.4) is 0 Å². The number of hydrogen-bond donors (Lipinski definition) is 1. The summed E-state index contributed by atoms with van der Waals surface area (Å²) in [5.74, 6) is -1.08. The molecule has 1 aromatic rings. The third-order valence-corrected chi connectivity index (χ3v) is 4.01. The molecular weight excluding hydrogens is 267 g/mol. The van der Waals surface area contributed by atoms with Crippen LogP contribution in [0.2, 0.25) is 5.02 Å². The highest BCUT2D eigenvalue weighted by atomic mass is 35.5. The number of carboxylic acids is 1. The Morgan fingerprint density at radius 1 is 1.47 bits per heavy atom. The van der Waals surface area contributed by atoms with Gasteiger partial charge < -0.3 is 5.11 Å². The Bertz CT molecular complexity index is 495. The van der Waals surface area contributed by atoms with E-state index in [-0.39, 0.29) is 29.2 Å². The molecule has 1 aromatic carbocycles. The quantitative estimate of drug-likeness (QED) is 0.860. The van der Waals surface area contributed by atoms with Crippen molar-refractivity contribution in [2.24, 2.45) is 5.92 Å². The van der Waals surface area contributed by atoms with Gasteiger partial charge in [0.15, 0.2) is 0 Å². The fourth-order valence-corrected chi connectivity index (χ4v) is 2.69. The number of aliphatic carboxylic acids is 1. The zero-order valence-corrected chi connectivity index (χ0v) is 11.9. The van der Waals surface area contributed by atoms with Crippen molar-refractivity contribution in [3.05, 3.63) is 34.1 Å². The summed E-state index contributed by atoms with van der Waals surface area (Å²) in [5.41, 5.74) is 1.43. The van der Waals surface area contributed by atoms with Gasteiger partial charge in [-0.2, -0.15) is 0 Å². The largest absolute Gasteiger partial charge is 0.481 e. The highest BCUT2D eigenvalue weighted by Gasteiger charge is 2.36. The molecule has 1 aliphatic carbocycles. The number of halogens is 2. The monoisotopic (exact) mass is 284 g/mol. The van der Waals surface area contributed by atoms with Gasteiger partial charge in [-0.1, -0.05) is 31.5 Å². The first kappa shape index (κ1) is 14.3. The van der Waals surface area contributed by atoms with Crippen molar-refractivity contribution < 1.29 is 14.3 Å². The van der Waals surface area contributed by atoms with E-state index < -0.39 is 11.8 Å². The second-order valence-corrected chi connectivity index (χ2v) is 6.01. The predicted molar refractivity (Wildman–Crippen MR) is 73.2 cm³/mol. The summed E-state index contributed by atoms with van der Waals surface area (Å²) in [6, 6.07) is 3.42. The molecule has 4 heteroatoms. The van der Waals surface area contributed by atoms with Crippen LogP contribution in [0.5, 0.6) is 0 Å². The Morgan fingerprint density at radius 3 is 2.58 bits per heavy atom. The molecule has 0 amide bonds. The lowest BCUT2D eigenvalue weighted by Gasteiger charge is -2.18. The van der Waals surface area contributed by atoms with Crippen molar-refractivity contribution in [2.45, 2.75) is 44.9 Å². The summed E-state index contributed by atoms with van der Waals surface area (Å²) in [4.78, 5) is 11.0. The highest BCUT2D eigenvalue weighted by Crippen LogP contribution is 2.46. The molecule has 1 N–H and O–H groups in total. The maximum Gasteiger partial charge on any atom is 0.303 e. The van der Waals surface area contributed by atoms with Crippen LogP contribution < -0.4 is 0 Å². The van der Waals surface area contributed by atoms with Gasteiger partial charge in [-0.25, -0.2) is 4.39 Å². The summed E-state index contributed by atoms with van der Waals surface area (Å²) in [6.45, 7) is 4.02. The maximum atomic E-state index is 14.2. The van der Waals surface area contributed by atoms with Crippen LogP contribution in [0.4, 0.5) is 4.39 Å². The van der Waals surface area contributed by atoms with Gasteiger partial charge >= 0.3 is 5.97 Å². The summed E-state index contributed by atoms with van der Waals surface area (Å²) >= 11 is 5.95. The topological polar surface area (TPSA) is 37.3 Å². The van der Waals surface area contributed by atoms with Crippen molar-refractivity contribution >= 4 is 17.6 Å². The second-order valence-electron chi connectivity index (χ2n) is 5.60. The van der Waals surface area contributed by atoms with E-state index in [2.05, 4.69) is 0 Å². The molecule has 0 aromatic heterocycles. The zero-order valence-electron chi connectivity index (χ0n) is 11.1. The maximum absolute atomic E-state index is 14.2. The molecule has 19 heavy (non-hydrogen) atoms. The van der Waals surface area contributed by atoms with Gasteiger partial charge in [0.2, 0.25) is 0 Å². The number of rotatable bonds is 5. The van der Waals surface area contributed by atoms with E-state index in [9.17, 15) is 9.18 Å². The van der Waals surface area contributed by atoms with Crippen LogP contribution >= 0.6 is 11.6 Å². The second kappa shape index (κ2) is 5.49. The molecule has 0 bridgehead atoms. The minimum Gasteiger partial charge on any atom is -0.481 e. The average Bonchev–Trinajstić information content (AvgIpc) is 3.13. The molecule has 1 aliphatic rings. The highest BCUT2D eigenvalue weighted by molar-refractivity contribution is 6.30. The van der Waals surface area contributed by atoms with Crippen molar-refractivity contribution in [3.63, 3.8) is 0 Å². The van der Waals surface area contributed by atoms with Gasteiger partial charge in [0.05, 0.1) is 11.4 Å². The fourth-order valence-electron chi connectivity index (χ4n) is 2.45. The molecule has 0 saturated heterocycles. The molecule has 0 spiro atoms. The van der Waals surface area contributed by atoms with E-state index in [0.29, 0.717) is 5.56 Å². The van der Waals surface area contributed by atoms with Crippen LogP contribution in [0.15, 0.2) is 12.1 Å². The molecule has 1 fully saturated rings. The van der Waals surface area contributed by atoms with Crippen molar-refractivity contribution in [3.8, 4) is 0 Å². The predicted octanol–water partition coefficient (Wildman–Crippen LogP) is 4.57. The average molecular weight is 285 g/mol. The first-order valence-electron chi connectivity index (χ1n) is 6.60. The minimum atomic E-state index is -0.887. The third-order valence-electron chi connectivity index (χ3n) is 3.73. The first-order valence-corrected chi connectivity index (χ1v) is 6.98. The SMILES string of the molecule is CC(C)c1cc(Cl)c(F)c(C(CC(=O)O)C2CC2)c1. The molecule has 0 heterocycles. The van der Waals surface area contributed by atoms with Crippen LogP contribution in [0.25, 0.3) is 0 Å². The van der Waals surface area contributed by atoms with Gasteiger partial charge in [0.25, 0.3) is 0 Å². The molecule has 2 nitrogen and oxygen atoms in total. The Hall–Kier alpha value is -1.09. The van der Waals surface area contributed by atoms with Gasteiger partial charge in [-0.15, -0.1) is 0 Å². The van der Waals surface area contributed by atoms with Crippen molar-refractivity contribution in [1.29, 1.82) is 0 Å². The summed E-state index contributed by atoms with van der Waals surface area (Å²) < 4.78 is 14.2. The smallest absolute Gasteiger partial charge is 0.303 e. The molecule has 1 unspecified atom stereocenters. The van der Waals surface area contributed by atoms with Crippen molar-refractivity contribution in [1.82, 2.24) is 0 Å². The molecule has 0 radical (unpaired) electrons. The number of benzene rings is 1. The lowest BCUT2D eigenvalue weighted by Crippen LogP contribution is -2.11. The van der Waals surface area contributed by atoms with E-state index in [1.807, 2.05) is 13.8 Å². The first-order chi connectivity index (χ1) is 8.90. The normalized spacial score (nSPS) is 16.7. The summed E-state index contributed by atoms with van der Waals surface area (Å²) in [7, 11) is 0. The number of carboxylic acid groups (broad SMARTS) is 1. The number of hydrogen-bond acceptors (Lipinski definition) is 1. The van der Waals surface area contributed by atoms with E-state index in [1.165, 1.54) is 0 Å². The lowest BCUT2D eigenvalue weighted by molar-refractivity contribution is -0.137. The Labute approximate surface area is 117 Å². The van der Waals surface area contributed by atoms with E-state index in [0.717, 1.165) is 18.4 Å². The van der Waals surface area contributed by atoms with Gasteiger partial charge in [-0.3, -0.25) is 4.79 Å². The summed E-state index contributed by atoms with van der Waals surface area (Å²) in [5, 5.41) is 9.10. The standard InChI is InChI=1S/C15H18ClFO2/c1-8(2)10-5-12(15(17)13(16)6-10)11(7-14(18)19)9-3-4-9/h5-6,8-9,11H,3-4,7H2,1-2H3,(H,18,19). The molecular formula is C15H18ClFO2. The Kier molecular flexibility index (Phi) is 4.14. The summed E-state index contributed by atoms with van der Waals surface area (Å²) in [6.07, 6.45) is 1.92. The van der Waals surface area contributed by atoms with Gasteiger partial charge in [0, 0.05) is 5.92 Å². The van der Waals surface area contributed by atoms with Gasteiger partial charge in [0.1, 0.15) is 5.82 Å². The zero-order chi connectivity index (χ0) is 14.2. The third kappa shape index (κ3) is 3.27. The van der Waals surface area contributed by atoms with Crippen LogP contribution in [-0.2, 0) is 4.79 Å². The molecule has 2 rings (SSSR count). The molecule has 0 aliphatic heterocycles. The van der Waals surface area contributed by atoms with Crippen molar-refractivity contribution in [2.75, 3.05) is 0 Å². The number of carbonyl (C=O) groups is 1. The molecule has 1 atom stereocenters. The van der Waals surface area contributed by atoms with Crippen LogP contribution in [-0.4, -0.2) is 11.1 Å².